The number of hydrogen-bond acceptors (Lipinski definition) is 4. The van der Waals surface area contributed by atoms with Crippen molar-refractivity contribution in [3.05, 3.63) is 430 Å². The van der Waals surface area contributed by atoms with Gasteiger partial charge in [0.2, 0.25) is 0 Å². The van der Waals surface area contributed by atoms with Crippen LogP contribution in [0.5, 0.6) is 0 Å². The maximum atomic E-state index is 12.7. The van der Waals surface area contributed by atoms with Crippen molar-refractivity contribution in [2.45, 2.75) is 32.8 Å². The summed E-state index contributed by atoms with van der Waals surface area (Å²) < 4.78 is 5.27. The van der Waals surface area contributed by atoms with E-state index in [-0.39, 0.29) is 26.3 Å². The average Bonchev–Trinajstić information content (AvgIpc) is 0.833. The van der Waals surface area contributed by atoms with Crippen LogP contribution in [0.25, 0.3) is 5.57 Å². The second kappa shape index (κ2) is 42.7. The van der Waals surface area contributed by atoms with E-state index in [0.29, 0.717) is 36.4 Å². The number of rotatable bonds is 16. The van der Waals surface area contributed by atoms with Gasteiger partial charge in [-0.1, -0.05) is 394 Å². The summed E-state index contributed by atoms with van der Waals surface area (Å²) in [5.74, 6) is -0.315. The van der Waals surface area contributed by atoms with Crippen molar-refractivity contribution in [1.82, 2.24) is 4.90 Å². The molecule has 0 radical (unpaired) electrons. The maximum Gasteiger partial charge on any atom is 0.412 e. The number of benzene rings is 14. The summed E-state index contributed by atoms with van der Waals surface area (Å²) in [4.78, 5) is 37.2. The van der Waals surface area contributed by atoms with Crippen LogP contribution in [0, 0.1) is 0 Å². The molecular weight excluding hydrogens is 1510 g/mol. The number of anilines is 2. The quantitative estimate of drug-likeness (QED) is 0.0660. The van der Waals surface area contributed by atoms with Gasteiger partial charge < -0.3 is 20.1 Å². The zero-order valence-electron chi connectivity index (χ0n) is 61.1. The van der Waals surface area contributed by atoms with Gasteiger partial charge in [0.15, 0.2) is 0 Å². The largest absolute Gasteiger partial charge is 0.465 e. The number of hydrogen-bond donors (Lipinski definition) is 3. The van der Waals surface area contributed by atoms with Crippen LogP contribution in [0.1, 0.15) is 43.1 Å². The summed E-state index contributed by atoms with van der Waals surface area (Å²) in [6.07, 6.45) is 0.992. The number of para-hydroxylation sites is 2. The van der Waals surface area contributed by atoms with Crippen molar-refractivity contribution in [3.8, 4) is 0 Å². The molecule has 3 amide bonds. The van der Waals surface area contributed by atoms with Crippen LogP contribution in [0.15, 0.2) is 419 Å². The number of nitrogens with one attached hydrogen (secondary N) is 2. The van der Waals surface area contributed by atoms with Crippen LogP contribution in [0.2, 0.25) is 0 Å². The Balaban J connectivity index is 0.000000147. The summed E-state index contributed by atoms with van der Waals surface area (Å²) in [6, 6.07) is 143. The summed E-state index contributed by atoms with van der Waals surface area (Å²) in [6.45, 7) is 6.12. The van der Waals surface area contributed by atoms with Gasteiger partial charge in [0.25, 0.3) is 5.91 Å². The molecule has 1 heterocycles. The molecule has 3 N–H and O–H groups in total. The molecule has 14 aromatic rings. The van der Waals surface area contributed by atoms with E-state index >= 15 is 0 Å². The summed E-state index contributed by atoms with van der Waals surface area (Å²) in [5.41, 5.74) is 2.73. The van der Waals surface area contributed by atoms with Crippen LogP contribution in [0.4, 0.5) is 21.0 Å². The number of carboxylic acid groups (broad SMARTS) is 1. The predicted molar refractivity (Wildman–Crippen MR) is 463 cm³/mol. The molecule has 1 aliphatic heterocycles. The first kappa shape index (κ1) is 80.7. The van der Waals surface area contributed by atoms with E-state index in [1.807, 2.05) is 18.2 Å². The van der Waals surface area contributed by atoms with Gasteiger partial charge in [-0.2, -0.15) is 0 Å². The van der Waals surface area contributed by atoms with E-state index in [1.54, 1.807) is 57.2 Å². The third kappa shape index (κ3) is 24.6. The zero-order valence-corrected chi connectivity index (χ0v) is 66.2. The molecule has 13 heteroatoms. The minimum Gasteiger partial charge on any atom is -0.465 e. The summed E-state index contributed by atoms with van der Waals surface area (Å²) in [5, 5.41) is 31.3. The van der Waals surface area contributed by atoms with Crippen LogP contribution in [-0.4, -0.2) is 46.8 Å². The summed E-state index contributed by atoms with van der Waals surface area (Å²) >= 11 is 0. The third-order valence-corrected chi connectivity index (χ3v) is 26.8. The molecule has 1 aliphatic rings. The van der Waals surface area contributed by atoms with Crippen molar-refractivity contribution in [1.29, 1.82) is 0 Å². The van der Waals surface area contributed by atoms with E-state index in [0.717, 1.165) is 11.1 Å². The molecular formula is C96H87N3O5P4Pd. The molecule has 109 heavy (non-hydrogen) atoms. The van der Waals surface area contributed by atoms with Crippen molar-refractivity contribution in [3.63, 3.8) is 0 Å². The van der Waals surface area contributed by atoms with E-state index in [4.69, 9.17) is 9.84 Å². The number of carbonyl (C=O) groups is 3. The van der Waals surface area contributed by atoms with Crippen molar-refractivity contribution >= 4 is 130 Å². The number of ether oxygens (including phenoxy) is 1. The first-order valence-electron chi connectivity index (χ1n) is 35.9. The Labute approximate surface area is 661 Å². The monoisotopic (exact) mass is 1590 g/mol. The molecule has 0 aromatic heterocycles. The van der Waals surface area contributed by atoms with Crippen LogP contribution in [0.3, 0.4) is 0 Å². The fourth-order valence-electron chi connectivity index (χ4n) is 12.0. The molecule has 546 valence electrons. The molecule has 0 fully saturated rings. The van der Waals surface area contributed by atoms with Crippen molar-refractivity contribution < 1.29 is 44.6 Å². The maximum absolute atomic E-state index is 12.7. The third-order valence-electron chi connectivity index (χ3n) is 17.0. The van der Waals surface area contributed by atoms with Gasteiger partial charge in [0.05, 0.1) is 11.4 Å². The molecule has 0 saturated heterocycles. The average molecular weight is 1590 g/mol. The zero-order chi connectivity index (χ0) is 75.0. The molecule has 0 atom stereocenters. The van der Waals surface area contributed by atoms with Crippen LogP contribution in [-0.2, 0) is 25.2 Å². The second-order valence-electron chi connectivity index (χ2n) is 25.8. The van der Waals surface area contributed by atoms with Crippen LogP contribution < -0.4 is 74.3 Å². The van der Waals surface area contributed by atoms with Gasteiger partial charge in [-0.25, -0.2) is 9.59 Å². The smallest absolute Gasteiger partial charge is 0.412 e. The standard InChI is InChI=1S/C24H27N3O5.4C18H15P.Pd/c1-24(2,3)32-22(29)26-20-7-5-4-6-19(20)25-21(28)18-10-8-16(9-11-18)17-12-14-27(15-13-17)23(30)31;4*1-4-10-16(11-5-1)19(17-12-6-2-7-13-17)18-14-8-3-9-15-18;/h4-12H,13-15H2,1-3H3,(H,25,28)(H,26,29)(H,30,31);4*1-15H;. The SMILES string of the molecule is CC(C)(C)OC(=O)Nc1ccccc1NC(=O)c1ccc(C2=CCN(C(=O)O)CC2)cc1.[Pd].c1ccc(P(c2ccccc2)c2ccccc2)cc1.c1ccc(P(c2ccccc2)c2ccccc2)cc1.c1ccc(P(c2ccccc2)c2ccccc2)cc1.c1ccc(P(c2ccccc2)c2ccccc2)cc1. The van der Waals surface area contributed by atoms with E-state index < -0.39 is 49.5 Å². The normalized spacial score (nSPS) is 11.4. The van der Waals surface area contributed by atoms with E-state index in [9.17, 15) is 14.4 Å². The predicted octanol–water partition coefficient (Wildman–Crippen LogP) is 18.8. The van der Waals surface area contributed by atoms with Gasteiger partial charge >= 0.3 is 12.2 Å². The Hall–Kier alpha value is -10.8. The number of amides is 3. The van der Waals surface area contributed by atoms with E-state index in [2.05, 4.69) is 375 Å². The van der Waals surface area contributed by atoms with Gasteiger partial charge in [0.1, 0.15) is 5.60 Å². The molecule has 0 aliphatic carbocycles. The van der Waals surface area contributed by atoms with Crippen LogP contribution >= 0.6 is 31.7 Å². The Morgan fingerprint density at radius 2 is 0.541 bits per heavy atom. The minimum atomic E-state index is -0.922. The fraction of sp³-hybridized carbons (Fsp3) is 0.0729. The Morgan fingerprint density at radius 3 is 0.743 bits per heavy atom. The number of nitrogens with zero attached hydrogens (tertiary/aromatic N) is 1. The first-order chi connectivity index (χ1) is 52.9. The molecule has 15 rings (SSSR count). The van der Waals surface area contributed by atoms with Gasteiger partial charge in [-0.15, -0.1) is 0 Å². The van der Waals surface area contributed by atoms with Crippen molar-refractivity contribution in [2.75, 3.05) is 23.7 Å². The number of carbonyl (C=O) groups excluding carboxylic acids is 2. The Morgan fingerprint density at radius 1 is 0.321 bits per heavy atom. The fourth-order valence-corrected chi connectivity index (χ4v) is 21.2. The van der Waals surface area contributed by atoms with E-state index in [1.165, 1.54) is 68.6 Å². The molecule has 0 spiro atoms. The minimum absolute atomic E-state index is 0. The molecule has 8 nitrogen and oxygen atoms in total. The topological polar surface area (TPSA) is 108 Å². The molecule has 0 bridgehead atoms. The first-order valence-corrected chi connectivity index (χ1v) is 41.3. The molecule has 14 aromatic carbocycles. The Bertz CT molecular complexity index is 4170. The molecule has 0 saturated carbocycles. The van der Waals surface area contributed by atoms with Gasteiger partial charge in [-0.3, -0.25) is 10.1 Å². The second-order valence-corrected chi connectivity index (χ2v) is 34.7. The van der Waals surface area contributed by atoms with Gasteiger partial charge in [0, 0.05) is 39.1 Å². The summed E-state index contributed by atoms with van der Waals surface area (Å²) in [7, 11) is -1.78. The Kier molecular flexibility index (Phi) is 31.6. The molecule has 0 unspecified atom stereocenters. The van der Waals surface area contributed by atoms with Gasteiger partial charge in [-0.05, 0) is 158 Å². The van der Waals surface area contributed by atoms with Crippen molar-refractivity contribution in [2.24, 2.45) is 0 Å².